The van der Waals surface area contributed by atoms with Crippen LogP contribution in [0.5, 0.6) is 11.5 Å². The molecule has 0 aromatic heterocycles. The Morgan fingerprint density at radius 3 is 2.37 bits per heavy atom. The average Bonchev–Trinajstić information content (AvgIpc) is 2.64. The molecule has 0 saturated heterocycles. The number of sulfonamides is 1. The number of nitrogens with one attached hydrogen (secondary N) is 2. The van der Waals surface area contributed by atoms with Gasteiger partial charge in [0.15, 0.2) is 11.5 Å². The van der Waals surface area contributed by atoms with Crippen molar-refractivity contribution in [3.63, 3.8) is 0 Å². The summed E-state index contributed by atoms with van der Waals surface area (Å²) in [6, 6.07) is 11.6. The number of carbonyl (C=O) groups excluding carboxylic acids is 1. The monoisotopic (exact) mass is 392 g/mol. The van der Waals surface area contributed by atoms with Crippen molar-refractivity contribution >= 4 is 21.6 Å². The van der Waals surface area contributed by atoms with Gasteiger partial charge in [-0.15, -0.1) is 0 Å². The molecule has 8 heteroatoms. The highest BCUT2D eigenvalue weighted by Crippen LogP contribution is 2.31. The molecule has 0 aliphatic carbocycles. The second-order valence-corrected chi connectivity index (χ2v) is 7.75. The maximum Gasteiger partial charge on any atom is 0.251 e. The van der Waals surface area contributed by atoms with Gasteiger partial charge < -0.3 is 14.8 Å². The van der Waals surface area contributed by atoms with Crippen LogP contribution in [0.4, 0.5) is 5.69 Å². The largest absolute Gasteiger partial charge is 0.493 e. The van der Waals surface area contributed by atoms with E-state index in [2.05, 4.69) is 10.0 Å². The fourth-order valence-electron chi connectivity index (χ4n) is 2.67. The van der Waals surface area contributed by atoms with Gasteiger partial charge in [-0.1, -0.05) is 19.1 Å². The molecule has 1 unspecified atom stereocenters. The predicted molar refractivity (Wildman–Crippen MR) is 105 cm³/mol. The standard InChI is InChI=1S/C19H24N2O5S/c1-5-16(13-9-10-17(25-2)18(12-13)26-3)20-19(22)14-7-6-8-15(11-14)21-27(4,23)24/h6-12,16,21H,5H2,1-4H3,(H,20,22). The molecule has 0 aliphatic heterocycles. The van der Waals surface area contributed by atoms with E-state index in [4.69, 9.17) is 9.47 Å². The third kappa shape index (κ3) is 5.62. The quantitative estimate of drug-likeness (QED) is 0.720. The molecule has 2 aromatic carbocycles. The van der Waals surface area contributed by atoms with Crippen molar-refractivity contribution in [3.05, 3.63) is 53.6 Å². The lowest BCUT2D eigenvalue weighted by atomic mass is 10.0. The van der Waals surface area contributed by atoms with Gasteiger partial charge in [-0.05, 0) is 42.3 Å². The van der Waals surface area contributed by atoms with Gasteiger partial charge in [-0.2, -0.15) is 0 Å². The van der Waals surface area contributed by atoms with E-state index in [0.29, 0.717) is 29.2 Å². The Morgan fingerprint density at radius 2 is 1.78 bits per heavy atom. The molecule has 1 atom stereocenters. The van der Waals surface area contributed by atoms with Crippen LogP contribution >= 0.6 is 0 Å². The summed E-state index contributed by atoms with van der Waals surface area (Å²) in [6.45, 7) is 1.96. The molecule has 0 heterocycles. The Labute approximate surface area is 159 Å². The highest BCUT2D eigenvalue weighted by atomic mass is 32.2. The number of benzene rings is 2. The van der Waals surface area contributed by atoms with E-state index in [1.807, 2.05) is 19.1 Å². The fourth-order valence-corrected chi connectivity index (χ4v) is 3.23. The second-order valence-electron chi connectivity index (χ2n) is 6.00. The highest BCUT2D eigenvalue weighted by molar-refractivity contribution is 7.92. The van der Waals surface area contributed by atoms with E-state index < -0.39 is 10.0 Å². The van der Waals surface area contributed by atoms with Crippen LogP contribution in [-0.2, 0) is 10.0 Å². The highest BCUT2D eigenvalue weighted by Gasteiger charge is 2.17. The van der Waals surface area contributed by atoms with E-state index in [1.54, 1.807) is 38.5 Å². The minimum absolute atomic E-state index is 0.233. The van der Waals surface area contributed by atoms with Gasteiger partial charge in [0.05, 0.1) is 26.5 Å². The van der Waals surface area contributed by atoms with Crippen LogP contribution in [0.2, 0.25) is 0 Å². The first kappa shape index (κ1) is 20.6. The van der Waals surface area contributed by atoms with Crippen LogP contribution in [0.1, 0.15) is 35.3 Å². The summed E-state index contributed by atoms with van der Waals surface area (Å²) in [7, 11) is -0.292. The molecule has 0 bridgehead atoms. The molecule has 27 heavy (non-hydrogen) atoms. The summed E-state index contributed by atoms with van der Waals surface area (Å²) in [5, 5.41) is 2.97. The third-order valence-corrected chi connectivity index (χ3v) is 4.56. The van der Waals surface area contributed by atoms with Crippen molar-refractivity contribution < 1.29 is 22.7 Å². The Morgan fingerprint density at radius 1 is 1.07 bits per heavy atom. The van der Waals surface area contributed by atoms with Crippen molar-refractivity contribution in [2.75, 3.05) is 25.2 Å². The van der Waals surface area contributed by atoms with Gasteiger partial charge in [0.1, 0.15) is 0 Å². The summed E-state index contributed by atoms with van der Waals surface area (Å²) in [6.07, 6.45) is 1.73. The number of hydrogen-bond acceptors (Lipinski definition) is 5. The molecular formula is C19H24N2O5S. The average molecular weight is 392 g/mol. The summed E-state index contributed by atoms with van der Waals surface area (Å²) in [4.78, 5) is 12.6. The Kier molecular flexibility index (Phi) is 6.68. The van der Waals surface area contributed by atoms with Gasteiger partial charge in [0.25, 0.3) is 5.91 Å². The Hall–Kier alpha value is -2.74. The predicted octanol–water partition coefficient (Wildman–Crippen LogP) is 2.96. The molecule has 0 spiro atoms. The number of ether oxygens (including phenoxy) is 2. The molecule has 0 fully saturated rings. The molecule has 146 valence electrons. The molecule has 2 N–H and O–H groups in total. The zero-order valence-corrected chi connectivity index (χ0v) is 16.6. The number of rotatable bonds is 8. The molecule has 2 aromatic rings. The number of hydrogen-bond donors (Lipinski definition) is 2. The summed E-state index contributed by atoms with van der Waals surface area (Å²) < 4.78 is 35.7. The van der Waals surface area contributed by atoms with Crippen molar-refractivity contribution in [2.24, 2.45) is 0 Å². The molecule has 2 rings (SSSR count). The van der Waals surface area contributed by atoms with Crippen molar-refractivity contribution in [2.45, 2.75) is 19.4 Å². The minimum Gasteiger partial charge on any atom is -0.493 e. The van der Waals surface area contributed by atoms with Gasteiger partial charge >= 0.3 is 0 Å². The van der Waals surface area contributed by atoms with Crippen LogP contribution in [0, 0.1) is 0 Å². The van der Waals surface area contributed by atoms with Gasteiger partial charge in [0, 0.05) is 11.3 Å². The van der Waals surface area contributed by atoms with Crippen molar-refractivity contribution in [3.8, 4) is 11.5 Å². The minimum atomic E-state index is -3.41. The van der Waals surface area contributed by atoms with Gasteiger partial charge in [-0.3, -0.25) is 9.52 Å². The summed E-state index contributed by atoms with van der Waals surface area (Å²) in [5.41, 5.74) is 1.58. The van der Waals surface area contributed by atoms with Crippen LogP contribution in [0.25, 0.3) is 0 Å². The number of methoxy groups -OCH3 is 2. The lowest BCUT2D eigenvalue weighted by Gasteiger charge is -2.19. The molecular weight excluding hydrogens is 368 g/mol. The van der Waals surface area contributed by atoms with E-state index in [-0.39, 0.29) is 11.9 Å². The number of anilines is 1. The number of carbonyl (C=O) groups is 1. The van der Waals surface area contributed by atoms with Crippen LogP contribution in [0.3, 0.4) is 0 Å². The van der Waals surface area contributed by atoms with Crippen LogP contribution in [-0.4, -0.2) is 34.8 Å². The Balaban J connectivity index is 2.21. The van der Waals surface area contributed by atoms with E-state index in [1.165, 1.54) is 6.07 Å². The fraction of sp³-hybridized carbons (Fsp3) is 0.316. The van der Waals surface area contributed by atoms with Crippen molar-refractivity contribution in [1.29, 1.82) is 0 Å². The summed E-state index contributed by atoms with van der Waals surface area (Å²) in [5.74, 6) is 0.901. The van der Waals surface area contributed by atoms with Gasteiger partial charge in [0.2, 0.25) is 10.0 Å². The van der Waals surface area contributed by atoms with Crippen LogP contribution < -0.4 is 19.5 Å². The maximum absolute atomic E-state index is 12.6. The lowest BCUT2D eigenvalue weighted by molar-refractivity contribution is 0.0935. The van der Waals surface area contributed by atoms with E-state index in [9.17, 15) is 13.2 Å². The molecule has 0 radical (unpaired) electrons. The topological polar surface area (TPSA) is 93.7 Å². The maximum atomic E-state index is 12.6. The normalized spacial score (nSPS) is 12.1. The Bertz CT molecular complexity index is 912. The molecule has 0 aliphatic rings. The molecule has 7 nitrogen and oxygen atoms in total. The molecule has 1 amide bonds. The van der Waals surface area contributed by atoms with E-state index >= 15 is 0 Å². The zero-order valence-electron chi connectivity index (χ0n) is 15.8. The second kappa shape index (κ2) is 8.77. The third-order valence-electron chi connectivity index (χ3n) is 3.95. The van der Waals surface area contributed by atoms with Gasteiger partial charge in [-0.25, -0.2) is 8.42 Å². The SMILES string of the molecule is CCC(NC(=O)c1cccc(NS(C)(=O)=O)c1)c1ccc(OC)c(OC)c1. The van der Waals surface area contributed by atoms with E-state index in [0.717, 1.165) is 11.8 Å². The number of amides is 1. The molecule has 0 saturated carbocycles. The first-order valence-electron chi connectivity index (χ1n) is 8.38. The van der Waals surface area contributed by atoms with Crippen LogP contribution in [0.15, 0.2) is 42.5 Å². The smallest absolute Gasteiger partial charge is 0.251 e. The zero-order chi connectivity index (χ0) is 20.0. The first-order chi connectivity index (χ1) is 12.8. The first-order valence-corrected chi connectivity index (χ1v) is 10.3. The lowest BCUT2D eigenvalue weighted by Crippen LogP contribution is -2.28. The van der Waals surface area contributed by atoms with Crippen molar-refractivity contribution in [1.82, 2.24) is 5.32 Å². The summed E-state index contributed by atoms with van der Waals surface area (Å²) >= 11 is 0.